The minimum absolute atomic E-state index is 0.0483. The first-order chi connectivity index (χ1) is 17.4. The molecule has 1 saturated heterocycles. The Labute approximate surface area is 215 Å². The van der Waals surface area contributed by atoms with E-state index in [1.807, 2.05) is 48.0 Å². The Morgan fingerprint density at radius 2 is 2.03 bits per heavy atom. The highest BCUT2D eigenvalue weighted by molar-refractivity contribution is 7.18. The molecule has 1 aromatic carbocycles. The van der Waals surface area contributed by atoms with Crippen LogP contribution in [0.15, 0.2) is 70.7 Å². The number of allylic oxidation sites excluding steroid dienone is 3. The number of fused-ring (bicyclic) bond motifs is 1. The standard InChI is InChI=1S/C29H33N3O3S/c1-19-10-12-20(13-11-19)16-30-28(35)24-18-31(2)29-23(27(24)34)15-22(36-29)17-32-14-6-9-25(32)26(33)21-7-4-3-5-8-21/h3-5,7-8,10,12,15,18,25-26,33H,6,9,11,13-14,16-17H2,1-2H3,(H,30,35)/t25-,26+/m1/s1. The quantitative estimate of drug-likeness (QED) is 0.490. The van der Waals surface area contributed by atoms with Crippen LogP contribution < -0.4 is 10.7 Å². The van der Waals surface area contributed by atoms with Gasteiger partial charge in [0.15, 0.2) is 0 Å². The Kier molecular flexibility index (Phi) is 7.23. The SMILES string of the molecule is CC1=CC=C(CNC(=O)c2cn(C)c3sc(CN4CCC[C@@H]4[C@@H](O)c4ccccc4)cc3c2=O)CC1. The summed E-state index contributed by atoms with van der Waals surface area (Å²) in [6, 6.07) is 11.8. The molecule has 6 nitrogen and oxygen atoms in total. The summed E-state index contributed by atoms with van der Waals surface area (Å²) < 4.78 is 1.88. The Morgan fingerprint density at radius 1 is 1.22 bits per heavy atom. The van der Waals surface area contributed by atoms with Crippen molar-refractivity contribution in [2.45, 2.75) is 51.3 Å². The molecule has 0 bridgehead atoms. The molecule has 0 radical (unpaired) electrons. The highest BCUT2D eigenvalue weighted by Gasteiger charge is 2.32. The minimum atomic E-state index is -0.539. The molecule has 7 heteroatoms. The van der Waals surface area contributed by atoms with Gasteiger partial charge < -0.3 is 15.0 Å². The van der Waals surface area contributed by atoms with E-state index in [9.17, 15) is 14.7 Å². The van der Waals surface area contributed by atoms with Crippen LogP contribution in [-0.2, 0) is 13.6 Å². The monoisotopic (exact) mass is 503 g/mol. The average molecular weight is 504 g/mol. The molecule has 2 atom stereocenters. The van der Waals surface area contributed by atoms with E-state index in [-0.39, 0.29) is 22.9 Å². The summed E-state index contributed by atoms with van der Waals surface area (Å²) in [7, 11) is 1.88. The van der Waals surface area contributed by atoms with Gasteiger partial charge >= 0.3 is 0 Å². The molecule has 0 saturated carbocycles. The van der Waals surface area contributed by atoms with Gasteiger partial charge in [-0.1, -0.05) is 53.6 Å². The van der Waals surface area contributed by atoms with Gasteiger partial charge in [0.2, 0.25) is 5.43 Å². The Morgan fingerprint density at radius 3 is 2.78 bits per heavy atom. The lowest BCUT2D eigenvalue weighted by Gasteiger charge is -2.28. The summed E-state index contributed by atoms with van der Waals surface area (Å²) in [6.45, 7) is 4.15. The number of pyridine rings is 1. The molecular formula is C29H33N3O3S. The predicted molar refractivity (Wildman–Crippen MR) is 145 cm³/mol. The number of carbonyl (C=O) groups is 1. The summed E-state index contributed by atoms with van der Waals surface area (Å²) in [6.07, 6.45) is 9.18. The number of aliphatic hydroxyl groups excluding tert-OH is 1. The molecule has 3 aromatic rings. The van der Waals surface area contributed by atoms with E-state index in [1.54, 1.807) is 17.5 Å². The number of nitrogens with zero attached hydrogens (tertiary/aromatic N) is 2. The summed E-state index contributed by atoms with van der Waals surface area (Å²) in [5, 5.41) is 14.5. The molecule has 2 N–H and O–H groups in total. The lowest BCUT2D eigenvalue weighted by atomic mass is 9.99. The van der Waals surface area contributed by atoms with Gasteiger partial charge in [0.1, 0.15) is 10.4 Å². The average Bonchev–Trinajstić information content (AvgIpc) is 3.54. The van der Waals surface area contributed by atoms with E-state index in [4.69, 9.17) is 0 Å². The van der Waals surface area contributed by atoms with Gasteiger partial charge in [-0.05, 0) is 50.8 Å². The fourth-order valence-corrected chi connectivity index (χ4v) is 6.36. The van der Waals surface area contributed by atoms with Crippen molar-refractivity contribution in [3.8, 4) is 0 Å². The second kappa shape index (κ2) is 10.5. The Balaban J connectivity index is 1.33. The van der Waals surface area contributed by atoms with E-state index in [1.165, 1.54) is 11.1 Å². The molecule has 188 valence electrons. The van der Waals surface area contributed by atoms with Crippen LogP contribution in [0.3, 0.4) is 0 Å². The van der Waals surface area contributed by atoms with E-state index in [0.29, 0.717) is 18.5 Å². The summed E-state index contributed by atoms with van der Waals surface area (Å²) >= 11 is 1.58. The zero-order valence-corrected chi connectivity index (χ0v) is 21.7. The lowest BCUT2D eigenvalue weighted by molar-refractivity contribution is 0.0693. The Bertz CT molecular complexity index is 1390. The summed E-state index contributed by atoms with van der Waals surface area (Å²) in [5.74, 6) is -0.331. The van der Waals surface area contributed by atoms with Crippen LogP contribution in [0.1, 0.15) is 59.5 Å². The molecule has 1 aliphatic carbocycles. The van der Waals surface area contributed by atoms with Gasteiger partial charge in [0.25, 0.3) is 5.91 Å². The third-order valence-corrected chi connectivity index (χ3v) is 8.55. The van der Waals surface area contributed by atoms with Crippen molar-refractivity contribution in [1.29, 1.82) is 0 Å². The molecule has 0 unspecified atom stereocenters. The van der Waals surface area contributed by atoms with Crippen molar-refractivity contribution >= 4 is 27.5 Å². The second-order valence-electron chi connectivity index (χ2n) is 9.97. The number of rotatable bonds is 7. The predicted octanol–water partition coefficient (Wildman–Crippen LogP) is 4.69. The van der Waals surface area contributed by atoms with Crippen LogP contribution in [0.4, 0.5) is 0 Å². The van der Waals surface area contributed by atoms with Gasteiger partial charge in [-0.15, -0.1) is 11.3 Å². The van der Waals surface area contributed by atoms with Crippen LogP contribution in [-0.4, -0.2) is 39.6 Å². The zero-order chi connectivity index (χ0) is 25.2. The number of nitrogens with one attached hydrogen (secondary N) is 1. The first kappa shape index (κ1) is 24.7. The molecule has 2 aromatic heterocycles. The smallest absolute Gasteiger partial charge is 0.257 e. The normalized spacial score (nSPS) is 19.2. The van der Waals surface area contributed by atoms with Crippen LogP contribution >= 0.6 is 11.3 Å². The number of hydrogen-bond donors (Lipinski definition) is 2. The number of hydrogen-bond acceptors (Lipinski definition) is 5. The van der Waals surface area contributed by atoms with Crippen LogP contribution in [0.5, 0.6) is 0 Å². The van der Waals surface area contributed by atoms with E-state index < -0.39 is 6.10 Å². The van der Waals surface area contributed by atoms with Gasteiger partial charge in [-0.2, -0.15) is 0 Å². The van der Waals surface area contributed by atoms with E-state index in [0.717, 1.165) is 47.5 Å². The first-order valence-corrected chi connectivity index (χ1v) is 13.4. The third-order valence-electron chi connectivity index (χ3n) is 7.34. The number of carbonyl (C=O) groups excluding carboxylic acids is 1. The molecule has 0 spiro atoms. The number of benzene rings is 1. The third kappa shape index (κ3) is 5.09. The molecule has 3 heterocycles. The molecule has 1 amide bonds. The lowest BCUT2D eigenvalue weighted by Crippen LogP contribution is -2.33. The fourth-order valence-electron chi connectivity index (χ4n) is 5.25. The van der Waals surface area contributed by atoms with E-state index >= 15 is 0 Å². The van der Waals surface area contributed by atoms with Crippen molar-refractivity contribution in [1.82, 2.24) is 14.8 Å². The van der Waals surface area contributed by atoms with Gasteiger partial charge in [0, 0.05) is 37.3 Å². The largest absolute Gasteiger partial charge is 0.387 e. The Hall–Kier alpha value is -3.00. The van der Waals surface area contributed by atoms with Crippen molar-refractivity contribution in [2.24, 2.45) is 7.05 Å². The zero-order valence-electron chi connectivity index (χ0n) is 20.9. The molecule has 36 heavy (non-hydrogen) atoms. The minimum Gasteiger partial charge on any atom is -0.387 e. The number of amides is 1. The number of likely N-dealkylation sites (tertiary alicyclic amines) is 1. The summed E-state index contributed by atoms with van der Waals surface area (Å²) in [4.78, 5) is 30.4. The summed E-state index contributed by atoms with van der Waals surface area (Å²) in [5.41, 5.74) is 3.40. The van der Waals surface area contributed by atoms with Gasteiger partial charge in [-0.3, -0.25) is 14.5 Å². The topological polar surface area (TPSA) is 74.6 Å². The van der Waals surface area contributed by atoms with Crippen molar-refractivity contribution in [3.63, 3.8) is 0 Å². The van der Waals surface area contributed by atoms with Crippen molar-refractivity contribution < 1.29 is 9.90 Å². The number of aliphatic hydroxyl groups is 1. The van der Waals surface area contributed by atoms with E-state index in [2.05, 4.69) is 29.3 Å². The number of aryl methyl sites for hydroxylation is 1. The van der Waals surface area contributed by atoms with Crippen molar-refractivity contribution in [2.75, 3.05) is 13.1 Å². The van der Waals surface area contributed by atoms with Crippen LogP contribution in [0.2, 0.25) is 0 Å². The highest BCUT2D eigenvalue weighted by Crippen LogP contribution is 2.33. The number of aromatic nitrogens is 1. The fraction of sp³-hybridized carbons (Fsp3) is 0.379. The first-order valence-electron chi connectivity index (χ1n) is 12.6. The maximum absolute atomic E-state index is 13.3. The van der Waals surface area contributed by atoms with Crippen molar-refractivity contribution in [3.05, 3.63) is 92.1 Å². The number of thiophene rings is 1. The molecule has 1 fully saturated rings. The molecular weight excluding hydrogens is 470 g/mol. The second-order valence-corrected chi connectivity index (χ2v) is 11.1. The van der Waals surface area contributed by atoms with Crippen LogP contribution in [0.25, 0.3) is 10.2 Å². The molecule has 5 rings (SSSR count). The molecule has 1 aliphatic heterocycles. The molecule has 2 aliphatic rings. The maximum atomic E-state index is 13.3. The van der Waals surface area contributed by atoms with Gasteiger partial charge in [0.05, 0.1) is 11.5 Å². The highest BCUT2D eigenvalue weighted by atomic mass is 32.1. The van der Waals surface area contributed by atoms with Crippen LogP contribution in [0, 0.1) is 0 Å². The van der Waals surface area contributed by atoms with Gasteiger partial charge in [-0.25, -0.2) is 0 Å². The maximum Gasteiger partial charge on any atom is 0.257 e.